The van der Waals surface area contributed by atoms with E-state index in [4.69, 9.17) is 9.15 Å². The molecule has 0 radical (unpaired) electrons. The Morgan fingerprint density at radius 1 is 1.26 bits per heavy atom. The highest BCUT2D eigenvalue weighted by molar-refractivity contribution is 5.91. The van der Waals surface area contributed by atoms with Crippen molar-refractivity contribution in [2.24, 2.45) is 5.92 Å². The number of esters is 1. The van der Waals surface area contributed by atoms with Gasteiger partial charge in [0.05, 0.1) is 11.5 Å². The van der Waals surface area contributed by atoms with E-state index >= 15 is 0 Å². The molecule has 7 nitrogen and oxygen atoms in total. The van der Waals surface area contributed by atoms with Gasteiger partial charge >= 0.3 is 5.97 Å². The molecule has 0 aliphatic heterocycles. The molecule has 27 heavy (non-hydrogen) atoms. The number of nitrogens with zero attached hydrogens (tertiary/aromatic N) is 1. The SMILES string of the molecule is Cc1ccc2oc(C(=O)O[C@H](C)C(=O)N[C@@](C)(C#N)C(C)C)cc(=O)c2c1. The monoisotopic (exact) mass is 370 g/mol. The first-order valence-electron chi connectivity index (χ1n) is 8.56. The number of nitrogens with one attached hydrogen (secondary N) is 1. The lowest BCUT2D eigenvalue weighted by Gasteiger charge is -2.28. The fraction of sp³-hybridized carbons (Fsp3) is 0.400. The Morgan fingerprint density at radius 2 is 1.93 bits per heavy atom. The molecule has 0 fully saturated rings. The minimum Gasteiger partial charge on any atom is -0.449 e. The standard InChI is InChI=1S/C20H22N2O5/c1-11(2)20(5,10-21)22-18(24)13(4)26-19(25)17-9-15(23)14-8-12(3)6-7-16(14)27-17/h6-9,11,13H,1-5H3,(H,22,24)/t13-,20+/m1/s1. The van der Waals surface area contributed by atoms with E-state index in [0.29, 0.717) is 5.39 Å². The van der Waals surface area contributed by atoms with Gasteiger partial charge in [-0.05, 0) is 38.8 Å². The Morgan fingerprint density at radius 3 is 2.52 bits per heavy atom. The summed E-state index contributed by atoms with van der Waals surface area (Å²) in [4.78, 5) is 36.8. The normalized spacial score (nSPS) is 14.3. The maximum Gasteiger partial charge on any atom is 0.375 e. The molecule has 1 heterocycles. The summed E-state index contributed by atoms with van der Waals surface area (Å²) >= 11 is 0. The molecule has 0 unspecified atom stereocenters. The lowest BCUT2D eigenvalue weighted by atomic mass is 9.90. The first kappa shape index (κ1) is 20.2. The molecule has 1 N–H and O–H groups in total. The van der Waals surface area contributed by atoms with Crippen molar-refractivity contribution in [2.75, 3.05) is 0 Å². The molecule has 0 aliphatic carbocycles. The molecule has 2 atom stereocenters. The molecule has 0 bridgehead atoms. The molecular formula is C20H22N2O5. The topological polar surface area (TPSA) is 109 Å². The molecular weight excluding hydrogens is 348 g/mol. The van der Waals surface area contributed by atoms with Crippen LogP contribution in [-0.4, -0.2) is 23.5 Å². The van der Waals surface area contributed by atoms with Gasteiger partial charge in [-0.25, -0.2) is 4.79 Å². The number of carbonyl (C=O) groups is 2. The average molecular weight is 370 g/mol. The van der Waals surface area contributed by atoms with E-state index in [2.05, 4.69) is 5.32 Å². The zero-order valence-electron chi connectivity index (χ0n) is 16.0. The summed E-state index contributed by atoms with van der Waals surface area (Å²) in [6.45, 7) is 8.41. The third-order valence-corrected chi connectivity index (χ3v) is 4.51. The maximum absolute atomic E-state index is 12.3. The average Bonchev–Trinajstić information content (AvgIpc) is 2.61. The number of amides is 1. The van der Waals surface area contributed by atoms with Gasteiger partial charge in [0.2, 0.25) is 5.76 Å². The van der Waals surface area contributed by atoms with Crippen LogP contribution < -0.4 is 10.7 Å². The predicted molar refractivity (Wildman–Crippen MR) is 99.1 cm³/mol. The van der Waals surface area contributed by atoms with Crippen molar-refractivity contribution in [2.45, 2.75) is 46.3 Å². The molecule has 0 saturated heterocycles. The molecule has 1 amide bonds. The van der Waals surface area contributed by atoms with E-state index in [1.54, 1.807) is 39.0 Å². The number of hydrogen-bond donors (Lipinski definition) is 1. The van der Waals surface area contributed by atoms with Gasteiger partial charge < -0.3 is 14.5 Å². The first-order valence-corrected chi connectivity index (χ1v) is 8.56. The highest BCUT2D eigenvalue weighted by Gasteiger charge is 2.33. The second-order valence-electron chi connectivity index (χ2n) is 6.98. The van der Waals surface area contributed by atoms with Crippen LogP contribution in [0.25, 0.3) is 11.0 Å². The third-order valence-electron chi connectivity index (χ3n) is 4.51. The largest absolute Gasteiger partial charge is 0.449 e. The quantitative estimate of drug-likeness (QED) is 0.811. The van der Waals surface area contributed by atoms with Gasteiger partial charge in [0.15, 0.2) is 11.5 Å². The summed E-state index contributed by atoms with van der Waals surface area (Å²) in [7, 11) is 0. The van der Waals surface area contributed by atoms with Crippen molar-refractivity contribution in [3.63, 3.8) is 0 Å². The summed E-state index contributed by atoms with van der Waals surface area (Å²) in [5.74, 6) is -1.97. The van der Waals surface area contributed by atoms with Crippen LogP contribution in [-0.2, 0) is 9.53 Å². The van der Waals surface area contributed by atoms with Crippen molar-refractivity contribution >= 4 is 22.8 Å². The Labute approximate surface area is 156 Å². The highest BCUT2D eigenvalue weighted by atomic mass is 16.6. The number of hydrogen-bond acceptors (Lipinski definition) is 6. The van der Waals surface area contributed by atoms with Crippen LogP contribution in [0.1, 0.15) is 43.8 Å². The Balaban J connectivity index is 2.18. The molecule has 142 valence electrons. The van der Waals surface area contributed by atoms with Gasteiger partial charge in [0, 0.05) is 6.07 Å². The molecule has 2 rings (SSSR count). The van der Waals surface area contributed by atoms with Crippen LogP contribution in [0.4, 0.5) is 0 Å². The smallest absolute Gasteiger partial charge is 0.375 e. The summed E-state index contributed by atoms with van der Waals surface area (Å²) < 4.78 is 10.5. The fourth-order valence-electron chi connectivity index (χ4n) is 2.30. The van der Waals surface area contributed by atoms with E-state index in [1.807, 2.05) is 13.0 Å². The number of rotatable bonds is 5. The van der Waals surface area contributed by atoms with E-state index in [-0.39, 0.29) is 22.7 Å². The fourth-order valence-corrected chi connectivity index (χ4v) is 2.30. The lowest BCUT2D eigenvalue weighted by Crippen LogP contribution is -2.52. The molecule has 2 aromatic rings. The van der Waals surface area contributed by atoms with Crippen LogP contribution in [0.15, 0.2) is 33.5 Å². The van der Waals surface area contributed by atoms with Gasteiger partial charge in [0.25, 0.3) is 5.91 Å². The minimum absolute atomic E-state index is 0.142. The first-order chi connectivity index (χ1) is 12.6. The molecule has 0 aliphatic rings. The second kappa shape index (κ2) is 7.62. The summed E-state index contributed by atoms with van der Waals surface area (Å²) in [5.41, 5.74) is -0.318. The van der Waals surface area contributed by atoms with Crippen molar-refractivity contribution in [1.29, 1.82) is 5.26 Å². The molecule has 1 aromatic heterocycles. The zero-order valence-corrected chi connectivity index (χ0v) is 16.0. The van der Waals surface area contributed by atoms with E-state index in [1.165, 1.54) is 6.92 Å². The van der Waals surface area contributed by atoms with Crippen molar-refractivity contribution in [3.05, 3.63) is 45.8 Å². The molecule has 1 aromatic carbocycles. The number of aryl methyl sites for hydroxylation is 1. The van der Waals surface area contributed by atoms with Crippen molar-refractivity contribution < 1.29 is 18.7 Å². The second-order valence-corrected chi connectivity index (χ2v) is 6.98. The molecule has 7 heteroatoms. The Bertz CT molecular complexity index is 986. The van der Waals surface area contributed by atoms with E-state index < -0.39 is 23.5 Å². The van der Waals surface area contributed by atoms with Crippen LogP contribution in [0.2, 0.25) is 0 Å². The van der Waals surface area contributed by atoms with Gasteiger partial charge in [0.1, 0.15) is 11.1 Å². The molecule has 0 saturated carbocycles. The lowest BCUT2D eigenvalue weighted by molar-refractivity contribution is -0.130. The van der Waals surface area contributed by atoms with Crippen LogP contribution in [0.3, 0.4) is 0 Å². The minimum atomic E-state index is -1.16. The van der Waals surface area contributed by atoms with Crippen LogP contribution >= 0.6 is 0 Å². The van der Waals surface area contributed by atoms with Gasteiger partial charge in [-0.1, -0.05) is 25.5 Å². The number of ether oxygens (including phenoxy) is 1. The predicted octanol–water partition coefficient (Wildman–Crippen LogP) is 2.70. The van der Waals surface area contributed by atoms with Crippen LogP contribution in [0.5, 0.6) is 0 Å². The van der Waals surface area contributed by atoms with Gasteiger partial charge in [-0.2, -0.15) is 5.26 Å². The summed E-state index contributed by atoms with van der Waals surface area (Å²) in [6, 6.07) is 8.11. The Hall–Kier alpha value is -3.14. The van der Waals surface area contributed by atoms with Crippen molar-refractivity contribution in [3.8, 4) is 6.07 Å². The number of fused-ring (bicyclic) bond motifs is 1. The molecule has 0 spiro atoms. The highest BCUT2D eigenvalue weighted by Crippen LogP contribution is 2.17. The number of carbonyl (C=O) groups excluding carboxylic acids is 2. The van der Waals surface area contributed by atoms with Gasteiger partial charge in [-0.3, -0.25) is 9.59 Å². The maximum atomic E-state index is 12.3. The van der Waals surface area contributed by atoms with Crippen molar-refractivity contribution in [1.82, 2.24) is 5.32 Å². The van der Waals surface area contributed by atoms with E-state index in [0.717, 1.165) is 11.6 Å². The summed E-state index contributed by atoms with van der Waals surface area (Å²) in [5, 5.41) is 12.2. The Kier molecular flexibility index (Phi) is 5.69. The van der Waals surface area contributed by atoms with E-state index in [9.17, 15) is 19.6 Å². The zero-order chi connectivity index (χ0) is 20.4. The third kappa shape index (κ3) is 4.34. The summed E-state index contributed by atoms with van der Waals surface area (Å²) in [6.07, 6.45) is -1.16. The number of nitriles is 1. The number of benzene rings is 1. The van der Waals surface area contributed by atoms with Crippen LogP contribution in [0, 0.1) is 24.2 Å². The van der Waals surface area contributed by atoms with Gasteiger partial charge in [-0.15, -0.1) is 0 Å².